The zero-order chi connectivity index (χ0) is 19.3. The van der Waals surface area contributed by atoms with Crippen molar-refractivity contribution in [2.24, 2.45) is 0 Å². The lowest BCUT2D eigenvalue weighted by Crippen LogP contribution is -2.26. The number of hydrogen-bond donors (Lipinski definition) is 1. The first-order valence-electron chi connectivity index (χ1n) is 9.40. The van der Waals surface area contributed by atoms with E-state index in [1.165, 1.54) is 22.3 Å². The number of nitrogens with zero attached hydrogens (tertiary/aromatic N) is 1. The topological polar surface area (TPSA) is 51.2 Å². The second-order valence-corrected chi connectivity index (χ2v) is 6.84. The summed E-state index contributed by atoms with van der Waals surface area (Å²) >= 11 is 0. The number of nitrogens with one attached hydrogen (secondary N) is 1. The molecule has 140 valence electrons. The predicted molar refractivity (Wildman–Crippen MR) is 111 cm³/mol. The van der Waals surface area contributed by atoms with Crippen LogP contribution in [0.4, 0.5) is 4.79 Å². The van der Waals surface area contributed by atoms with Crippen LogP contribution in [0.2, 0.25) is 0 Å². The van der Waals surface area contributed by atoms with E-state index in [1.807, 2.05) is 49.4 Å². The smallest absolute Gasteiger partial charge is 0.407 e. The van der Waals surface area contributed by atoms with E-state index in [9.17, 15) is 4.79 Å². The molecular formula is C24H22N2O2. The van der Waals surface area contributed by atoms with Gasteiger partial charge in [-0.3, -0.25) is 4.98 Å². The Morgan fingerprint density at radius 1 is 1.07 bits per heavy atom. The minimum absolute atomic E-state index is 0.0757. The van der Waals surface area contributed by atoms with E-state index in [0.717, 1.165) is 11.1 Å². The molecule has 4 nitrogen and oxygen atoms in total. The van der Waals surface area contributed by atoms with Gasteiger partial charge in [0.1, 0.15) is 6.61 Å². The Balaban J connectivity index is 1.35. The zero-order valence-electron chi connectivity index (χ0n) is 15.8. The Morgan fingerprint density at radius 3 is 2.43 bits per heavy atom. The van der Waals surface area contributed by atoms with E-state index in [-0.39, 0.29) is 5.92 Å². The number of hydrogen-bond acceptors (Lipinski definition) is 3. The summed E-state index contributed by atoms with van der Waals surface area (Å²) in [6.45, 7) is 2.76. The Labute approximate surface area is 164 Å². The molecule has 0 fully saturated rings. The molecule has 28 heavy (non-hydrogen) atoms. The summed E-state index contributed by atoms with van der Waals surface area (Å²) in [6, 6.07) is 18.6. The highest BCUT2D eigenvalue weighted by Crippen LogP contribution is 2.44. The van der Waals surface area contributed by atoms with E-state index in [1.54, 1.807) is 12.4 Å². The highest BCUT2D eigenvalue weighted by Gasteiger charge is 2.28. The average Bonchev–Trinajstić information content (AvgIpc) is 3.05. The molecule has 4 heteroatoms. The van der Waals surface area contributed by atoms with Crippen molar-refractivity contribution in [3.63, 3.8) is 0 Å². The number of carbonyl (C=O) groups is 1. The Hall–Kier alpha value is -3.40. The predicted octanol–water partition coefficient (Wildman–Crippen LogP) is 4.94. The van der Waals surface area contributed by atoms with E-state index in [0.29, 0.717) is 13.2 Å². The summed E-state index contributed by atoms with van der Waals surface area (Å²) < 4.78 is 5.52. The molecule has 0 unspecified atom stereocenters. The minimum atomic E-state index is -0.408. The number of ether oxygens (including phenoxy) is 1. The fourth-order valence-corrected chi connectivity index (χ4v) is 3.63. The lowest BCUT2D eigenvalue weighted by Gasteiger charge is -2.14. The van der Waals surface area contributed by atoms with Crippen molar-refractivity contribution in [2.75, 3.05) is 13.2 Å². The van der Waals surface area contributed by atoms with Gasteiger partial charge in [0, 0.05) is 24.9 Å². The molecule has 1 aliphatic carbocycles. The highest BCUT2D eigenvalue weighted by atomic mass is 16.5. The van der Waals surface area contributed by atoms with Gasteiger partial charge < -0.3 is 10.1 Å². The van der Waals surface area contributed by atoms with Crippen LogP contribution in [0.3, 0.4) is 0 Å². The first-order valence-corrected chi connectivity index (χ1v) is 9.40. The second-order valence-electron chi connectivity index (χ2n) is 6.84. The van der Waals surface area contributed by atoms with E-state index in [2.05, 4.69) is 34.6 Å². The van der Waals surface area contributed by atoms with Crippen LogP contribution in [0, 0.1) is 6.92 Å². The maximum absolute atomic E-state index is 12.1. The molecule has 1 aliphatic rings. The summed E-state index contributed by atoms with van der Waals surface area (Å²) in [7, 11) is 0. The van der Waals surface area contributed by atoms with Gasteiger partial charge in [-0.25, -0.2) is 4.79 Å². The summed E-state index contributed by atoms with van der Waals surface area (Å²) in [6.07, 6.45) is 7.01. The number of carbonyl (C=O) groups excluding carboxylic acids is 1. The third-order valence-electron chi connectivity index (χ3n) is 5.08. The van der Waals surface area contributed by atoms with Crippen LogP contribution in [0.5, 0.6) is 0 Å². The number of fused-ring (bicyclic) bond motifs is 3. The fraction of sp³-hybridized carbons (Fsp3) is 0.167. The molecule has 2 aromatic carbocycles. The van der Waals surface area contributed by atoms with Crippen molar-refractivity contribution in [3.8, 4) is 11.1 Å². The van der Waals surface area contributed by atoms with Gasteiger partial charge in [0.05, 0.1) is 0 Å². The van der Waals surface area contributed by atoms with Crippen LogP contribution in [0.25, 0.3) is 17.2 Å². The Morgan fingerprint density at radius 2 is 1.75 bits per heavy atom. The molecule has 0 saturated heterocycles. The highest BCUT2D eigenvalue weighted by molar-refractivity contribution is 5.79. The van der Waals surface area contributed by atoms with Crippen LogP contribution in [0.15, 0.2) is 73.1 Å². The van der Waals surface area contributed by atoms with Gasteiger partial charge in [-0.1, -0.05) is 60.7 Å². The molecule has 0 aliphatic heterocycles. The first-order chi connectivity index (χ1) is 13.7. The van der Waals surface area contributed by atoms with Crippen molar-refractivity contribution >= 4 is 12.2 Å². The molecule has 1 heterocycles. The molecule has 1 N–H and O–H groups in total. The maximum Gasteiger partial charge on any atom is 0.407 e. The number of pyridine rings is 1. The molecule has 1 aromatic heterocycles. The van der Waals surface area contributed by atoms with Crippen molar-refractivity contribution in [3.05, 3.63) is 95.3 Å². The van der Waals surface area contributed by atoms with Gasteiger partial charge in [0.2, 0.25) is 0 Å². The number of aromatic nitrogens is 1. The normalized spacial score (nSPS) is 12.6. The zero-order valence-corrected chi connectivity index (χ0v) is 15.8. The number of amides is 1. The molecule has 0 spiro atoms. The number of benzene rings is 2. The van der Waals surface area contributed by atoms with Crippen LogP contribution in [-0.2, 0) is 4.74 Å². The SMILES string of the molecule is Cc1ccncc1C=CCNC(=O)OCC1c2ccccc2-c2ccccc21. The quantitative estimate of drug-likeness (QED) is 0.692. The molecule has 0 atom stereocenters. The molecule has 0 bridgehead atoms. The third-order valence-corrected chi connectivity index (χ3v) is 5.08. The van der Waals surface area contributed by atoms with Gasteiger partial charge >= 0.3 is 6.09 Å². The van der Waals surface area contributed by atoms with Crippen molar-refractivity contribution in [2.45, 2.75) is 12.8 Å². The number of aryl methyl sites for hydroxylation is 1. The monoisotopic (exact) mass is 370 g/mol. The van der Waals surface area contributed by atoms with Crippen molar-refractivity contribution in [1.82, 2.24) is 10.3 Å². The molecule has 3 aromatic rings. The van der Waals surface area contributed by atoms with Crippen LogP contribution in [-0.4, -0.2) is 24.2 Å². The van der Waals surface area contributed by atoms with Crippen molar-refractivity contribution < 1.29 is 9.53 Å². The first kappa shape index (κ1) is 18.0. The molecular weight excluding hydrogens is 348 g/mol. The van der Waals surface area contributed by atoms with Crippen LogP contribution < -0.4 is 5.32 Å². The van der Waals surface area contributed by atoms with Gasteiger partial charge in [-0.15, -0.1) is 0 Å². The lowest BCUT2D eigenvalue weighted by molar-refractivity contribution is 0.144. The van der Waals surface area contributed by atoms with Crippen LogP contribution in [0.1, 0.15) is 28.2 Å². The lowest BCUT2D eigenvalue weighted by atomic mass is 9.98. The molecule has 1 amide bonds. The summed E-state index contributed by atoms with van der Waals surface area (Å²) in [5.74, 6) is 0.0757. The summed E-state index contributed by atoms with van der Waals surface area (Å²) in [5, 5.41) is 2.78. The van der Waals surface area contributed by atoms with Gasteiger partial charge in [0.15, 0.2) is 0 Å². The summed E-state index contributed by atoms with van der Waals surface area (Å²) in [5.41, 5.74) is 7.06. The molecule has 0 radical (unpaired) electrons. The summed E-state index contributed by atoms with van der Waals surface area (Å²) in [4.78, 5) is 16.2. The second kappa shape index (κ2) is 8.09. The number of rotatable bonds is 5. The van der Waals surface area contributed by atoms with Gasteiger partial charge in [0.25, 0.3) is 0 Å². The van der Waals surface area contributed by atoms with E-state index < -0.39 is 6.09 Å². The largest absolute Gasteiger partial charge is 0.449 e. The Bertz CT molecular complexity index is 981. The minimum Gasteiger partial charge on any atom is -0.449 e. The van der Waals surface area contributed by atoms with Gasteiger partial charge in [-0.05, 0) is 46.4 Å². The maximum atomic E-state index is 12.1. The fourth-order valence-electron chi connectivity index (χ4n) is 3.63. The van der Waals surface area contributed by atoms with E-state index in [4.69, 9.17) is 4.74 Å². The Kier molecular flexibility index (Phi) is 5.20. The number of alkyl carbamates (subject to hydrolysis) is 1. The molecule has 0 saturated carbocycles. The third kappa shape index (κ3) is 3.67. The molecule has 4 rings (SSSR count). The standard InChI is InChI=1S/C24H22N2O2/c1-17-12-14-25-15-18(17)7-6-13-26-24(27)28-16-23-21-10-4-2-8-19(21)20-9-3-5-11-22(20)23/h2-12,14-15,23H,13,16H2,1H3,(H,26,27). The average molecular weight is 370 g/mol. The van der Waals surface area contributed by atoms with Gasteiger partial charge in [-0.2, -0.15) is 0 Å². The van der Waals surface area contributed by atoms with E-state index >= 15 is 0 Å². The van der Waals surface area contributed by atoms with Crippen LogP contribution >= 0.6 is 0 Å². The van der Waals surface area contributed by atoms with Crippen molar-refractivity contribution in [1.29, 1.82) is 0 Å².